The van der Waals surface area contributed by atoms with Crippen LogP contribution in [0.25, 0.3) is 0 Å². The summed E-state index contributed by atoms with van der Waals surface area (Å²) < 4.78 is 5.70. The van der Waals surface area contributed by atoms with Crippen LogP contribution >= 0.6 is 0 Å². The third-order valence-electron chi connectivity index (χ3n) is 4.66. The number of carbonyl (C=O) groups excluding carboxylic acids is 1. The minimum absolute atomic E-state index is 0.0176. The van der Waals surface area contributed by atoms with Gasteiger partial charge in [0.25, 0.3) is 0 Å². The second kappa shape index (κ2) is 4.97. The van der Waals surface area contributed by atoms with Gasteiger partial charge in [-0.15, -0.1) is 0 Å². The molecule has 0 heterocycles. The summed E-state index contributed by atoms with van der Waals surface area (Å²) in [5.74, 6) is 0.633. The van der Waals surface area contributed by atoms with E-state index in [0.29, 0.717) is 5.92 Å². The first-order chi connectivity index (χ1) is 8.02. The molecular formula is C14H25NO2. The smallest absolute Gasteiger partial charge is 0.313 e. The highest BCUT2D eigenvalue weighted by molar-refractivity contribution is 5.78. The van der Waals surface area contributed by atoms with E-state index in [0.717, 1.165) is 32.1 Å². The fourth-order valence-corrected chi connectivity index (χ4v) is 3.22. The van der Waals surface area contributed by atoms with Gasteiger partial charge in [0, 0.05) is 6.04 Å². The predicted octanol–water partition coefficient (Wildman–Crippen LogP) is 2.63. The largest absolute Gasteiger partial charge is 0.462 e. The summed E-state index contributed by atoms with van der Waals surface area (Å²) in [7, 11) is 0. The molecule has 0 amide bonds. The monoisotopic (exact) mass is 239 g/mol. The molecule has 0 radical (unpaired) electrons. The molecule has 4 atom stereocenters. The van der Waals surface area contributed by atoms with E-state index in [-0.39, 0.29) is 18.1 Å². The highest BCUT2D eigenvalue weighted by Crippen LogP contribution is 2.39. The average Bonchev–Trinajstić information content (AvgIpc) is 2.60. The van der Waals surface area contributed by atoms with Crippen LogP contribution in [-0.4, -0.2) is 18.1 Å². The van der Waals surface area contributed by atoms with Crippen LogP contribution in [0, 0.1) is 11.3 Å². The van der Waals surface area contributed by atoms with Crippen LogP contribution in [0.2, 0.25) is 0 Å². The zero-order chi connectivity index (χ0) is 12.5. The molecule has 0 spiro atoms. The van der Waals surface area contributed by atoms with E-state index in [9.17, 15) is 4.79 Å². The highest BCUT2D eigenvalue weighted by Gasteiger charge is 2.45. The fraction of sp³-hybridized carbons (Fsp3) is 0.929. The molecule has 2 N–H and O–H groups in total. The van der Waals surface area contributed by atoms with Crippen LogP contribution in [0.15, 0.2) is 0 Å². The molecule has 0 aromatic rings. The summed E-state index contributed by atoms with van der Waals surface area (Å²) in [6.45, 7) is 4.21. The Bertz CT molecular complexity index is 292. The Kier molecular flexibility index (Phi) is 3.76. The summed E-state index contributed by atoms with van der Waals surface area (Å²) in [5.41, 5.74) is 5.62. The standard InChI is InChI=1S/C14H25NO2/c1-10-5-3-6-11(9-10)17-13(16)14(2)8-4-7-12(14)15/h10-12H,3-9,15H2,1-2H3. The van der Waals surface area contributed by atoms with Crippen molar-refractivity contribution in [2.45, 2.75) is 70.9 Å². The van der Waals surface area contributed by atoms with E-state index in [4.69, 9.17) is 10.5 Å². The van der Waals surface area contributed by atoms with E-state index in [1.165, 1.54) is 12.8 Å². The van der Waals surface area contributed by atoms with Gasteiger partial charge in [0.15, 0.2) is 0 Å². The van der Waals surface area contributed by atoms with Crippen LogP contribution in [0.1, 0.15) is 58.8 Å². The van der Waals surface area contributed by atoms with Crippen molar-refractivity contribution in [3.05, 3.63) is 0 Å². The molecule has 17 heavy (non-hydrogen) atoms. The molecule has 2 saturated carbocycles. The van der Waals surface area contributed by atoms with Crippen LogP contribution in [0.4, 0.5) is 0 Å². The molecule has 4 unspecified atom stereocenters. The molecule has 3 heteroatoms. The van der Waals surface area contributed by atoms with E-state index >= 15 is 0 Å². The predicted molar refractivity (Wildman–Crippen MR) is 67.4 cm³/mol. The molecule has 98 valence electrons. The number of nitrogens with two attached hydrogens (primary N) is 1. The number of hydrogen-bond donors (Lipinski definition) is 1. The van der Waals surface area contributed by atoms with Gasteiger partial charge in [-0.1, -0.05) is 19.8 Å². The van der Waals surface area contributed by atoms with E-state index in [1.54, 1.807) is 0 Å². The third kappa shape index (κ3) is 2.65. The van der Waals surface area contributed by atoms with Crippen LogP contribution in [-0.2, 0) is 9.53 Å². The lowest BCUT2D eigenvalue weighted by atomic mass is 9.84. The maximum Gasteiger partial charge on any atom is 0.313 e. The lowest BCUT2D eigenvalue weighted by Gasteiger charge is -2.32. The molecule has 0 aromatic heterocycles. The maximum absolute atomic E-state index is 12.3. The first-order valence-corrected chi connectivity index (χ1v) is 6.99. The first-order valence-electron chi connectivity index (χ1n) is 6.99. The van der Waals surface area contributed by atoms with Crippen LogP contribution in [0.3, 0.4) is 0 Å². The van der Waals surface area contributed by atoms with Gasteiger partial charge in [0.2, 0.25) is 0 Å². The van der Waals surface area contributed by atoms with Gasteiger partial charge in [0.1, 0.15) is 6.10 Å². The number of ether oxygens (including phenoxy) is 1. The van der Waals surface area contributed by atoms with E-state index < -0.39 is 5.41 Å². The molecule has 2 fully saturated rings. The van der Waals surface area contributed by atoms with E-state index in [2.05, 4.69) is 6.92 Å². The molecule has 0 aromatic carbocycles. The zero-order valence-electron chi connectivity index (χ0n) is 11.1. The second-order valence-corrected chi connectivity index (χ2v) is 6.22. The first kappa shape index (κ1) is 12.9. The number of hydrogen-bond acceptors (Lipinski definition) is 3. The van der Waals surface area contributed by atoms with E-state index in [1.807, 2.05) is 6.92 Å². The summed E-state index contributed by atoms with van der Waals surface area (Å²) in [4.78, 5) is 12.3. The van der Waals surface area contributed by atoms with Gasteiger partial charge >= 0.3 is 5.97 Å². The SMILES string of the molecule is CC1CCCC(OC(=O)C2(C)CCCC2N)C1. The van der Waals surface area contributed by atoms with Crippen molar-refractivity contribution in [1.29, 1.82) is 0 Å². The van der Waals surface area contributed by atoms with Gasteiger partial charge in [-0.3, -0.25) is 4.79 Å². The Hall–Kier alpha value is -0.570. The molecule has 2 aliphatic carbocycles. The van der Waals surface area contributed by atoms with Gasteiger partial charge < -0.3 is 10.5 Å². The molecule has 0 bridgehead atoms. The Morgan fingerprint density at radius 1 is 1.29 bits per heavy atom. The van der Waals surface area contributed by atoms with Crippen LogP contribution in [0.5, 0.6) is 0 Å². The van der Waals surface area contributed by atoms with Crippen LogP contribution < -0.4 is 5.73 Å². The number of rotatable bonds is 2. The van der Waals surface area contributed by atoms with Gasteiger partial charge in [-0.25, -0.2) is 0 Å². The van der Waals surface area contributed by atoms with Crippen molar-refractivity contribution < 1.29 is 9.53 Å². The quantitative estimate of drug-likeness (QED) is 0.754. The highest BCUT2D eigenvalue weighted by atomic mass is 16.5. The Morgan fingerprint density at radius 3 is 2.65 bits per heavy atom. The van der Waals surface area contributed by atoms with Gasteiger partial charge in [-0.05, 0) is 44.9 Å². The zero-order valence-corrected chi connectivity index (χ0v) is 11.1. The molecule has 2 rings (SSSR count). The maximum atomic E-state index is 12.3. The number of esters is 1. The van der Waals surface area contributed by atoms with Crippen molar-refractivity contribution >= 4 is 5.97 Å². The molecule has 0 aliphatic heterocycles. The molecular weight excluding hydrogens is 214 g/mol. The normalized spacial score (nSPS) is 42.4. The fourth-order valence-electron chi connectivity index (χ4n) is 3.22. The minimum Gasteiger partial charge on any atom is -0.462 e. The van der Waals surface area contributed by atoms with Crippen molar-refractivity contribution in [2.24, 2.45) is 17.1 Å². The average molecular weight is 239 g/mol. The summed E-state index contributed by atoms with van der Waals surface area (Å²) in [6, 6.07) is -0.0176. The third-order valence-corrected chi connectivity index (χ3v) is 4.66. The van der Waals surface area contributed by atoms with Crippen molar-refractivity contribution in [3.63, 3.8) is 0 Å². The summed E-state index contributed by atoms with van der Waals surface area (Å²) >= 11 is 0. The van der Waals surface area contributed by atoms with Gasteiger partial charge in [-0.2, -0.15) is 0 Å². The van der Waals surface area contributed by atoms with Crippen molar-refractivity contribution in [1.82, 2.24) is 0 Å². The number of carbonyl (C=O) groups is 1. The van der Waals surface area contributed by atoms with Gasteiger partial charge in [0.05, 0.1) is 5.41 Å². The summed E-state index contributed by atoms with van der Waals surface area (Å²) in [5, 5.41) is 0. The lowest BCUT2D eigenvalue weighted by Crippen LogP contribution is -2.43. The Balaban J connectivity index is 1.92. The molecule has 0 saturated heterocycles. The molecule has 3 nitrogen and oxygen atoms in total. The summed E-state index contributed by atoms with van der Waals surface area (Å²) in [6.07, 6.45) is 7.52. The molecule has 2 aliphatic rings. The van der Waals surface area contributed by atoms with Crippen molar-refractivity contribution in [2.75, 3.05) is 0 Å². The Labute approximate surface area is 104 Å². The topological polar surface area (TPSA) is 52.3 Å². The lowest BCUT2D eigenvalue weighted by molar-refractivity contribution is -0.163. The van der Waals surface area contributed by atoms with Crippen molar-refractivity contribution in [3.8, 4) is 0 Å². The minimum atomic E-state index is -0.430. The Morgan fingerprint density at radius 2 is 2.06 bits per heavy atom. The second-order valence-electron chi connectivity index (χ2n) is 6.22.